The van der Waals surface area contributed by atoms with E-state index in [-0.39, 0.29) is 0 Å². The Hall–Kier alpha value is -0.830. The van der Waals surface area contributed by atoms with E-state index in [2.05, 4.69) is 55.8 Å². The van der Waals surface area contributed by atoms with Gasteiger partial charge in [-0.15, -0.1) is 0 Å². The molecule has 0 spiro atoms. The second kappa shape index (κ2) is 6.20. The predicted molar refractivity (Wildman–Crippen MR) is 73.0 cm³/mol. The van der Waals surface area contributed by atoms with E-state index >= 15 is 0 Å². The summed E-state index contributed by atoms with van der Waals surface area (Å²) in [5, 5.41) is 7.93. The molecule has 1 rings (SSSR count). The van der Waals surface area contributed by atoms with Crippen molar-refractivity contribution in [3.8, 4) is 0 Å². The van der Waals surface area contributed by atoms with Gasteiger partial charge in [0.2, 0.25) is 0 Å². The third kappa shape index (κ3) is 4.50. The van der Waals surface area contributed by atoms with Crippen molar-refractivity contribution < 1.29 is 0 Å². The van der Waals surface area contributed by atoms with Crippen LogP contribution in [0.2, 0.25) is 0 Å². The van der Waals surface area contributed by atoms with E-state index in [9.17, 15) is 0 Å². The first-order valence-electron chi connectivity index (χ1n) is 6.73. The maximum absolute atomic E-state index is 4.36. The number of aromatic nitrogens is 2. The summed E-state index contributed by atoms with van der Waals surface area (Å²) in [6.07, 6.45) is 4.29. The monoisotopic (exact) mass is 237 g/mol. The molecular formula is C14H27N3. The lowest BCUT2D eigenvalue weighted by Gasteiger charge is -2.24. The zero-order valence-corrected chi connectivity index (χ0v) is 12.0. The van der Waals surface area contributed by atoms with E-state index < -0.39 is 0 Å². The molecule has 0 radical (unpaired) electrons. The summed E-state index contributed by atoms with van der Waals surface area (Å²) in [6, 6.07) is 2.57. The fourth-order valence-electron chi connectivity index (χ4n) is 2.08. The molecule has 3 nitrogen and oxygen atoms in total. The van der Waals surface area contributed by atoms with Crippen molar-refractivity contribution >= 4 is 0 Å². The van der Waals surface area contributed by atoms with Crippen molar-refractivity contribution in [3.63, 3.8) is 0 Å². The summed E-state index contributed by atoms with van der Waals surface area (Å²) < 4.78 is 2.09. The van der Waals surface area contributed by atoms with Crippen LogP contribution in [-0.2, 0) is 6.54 Å². The Morgan fingerprint density at radius 2 is 2.06 bits per heavy atom. The molecule has 98 valence electrons. The maximum Gasteiger partial charge on any atom is 0.0553 e. The molecule has 0 aromatic carbocycles. The van der Waals surface area contributed by atoms with E-state index in [1.54, 1.807) is 0 Å². The summed E-state index contributed by atoms with van der Waals surface area (Å²) in [6.45, 7) is 13.1. The van der Waals surface area contributed by atoms with Gasteiger partial charge in [-0.25, -0.2) is 0 Å². The Bertz CT molecular complexity index is 322. The van der Waals surface area contributed by atoms with Crippen molar-refractivity contribution in [1.29, 1.82) is 0 Å². The van der Waals surface area contributed by atoms with E-state index in [4.69, 9.17) is 0 Å². The van der Waals surface area contributed by atoms with Gasteiger partial charge in [-0.1, -0.05) is 27.7 Å². The molecule has 0 aliphatic carbocycles. The molecule has 1 unspecified atom stereocenters. The molecule has 1 aromatic heterocycles. The molecule has 1 aromatic rings. The molecule has 0 aliphatic heterocycles. The molecule has 1 N–H and O–H groups in total. The Morgan fingerprint density at radius 1 is 1.35 bits per heavy atom. The van der Waals surface area contributed by atoms with Crippen LogP contribution in [0.15, 0.2) is 12.3 Å². The van der Waals surface area contributed by atoms with Gasteiger partial charge in [0.15, 0.2) is 0 Å². The van der Waals surface area contributed by atoms with E-state index in [1.807, 2.05) is 6.20 Å². The largest absolute Gasteiger partial charge is 0.309 e. The summed E-state index contributed by atoms with van der Waals surface area (Å²) in [4.78, 5) is 0. The summed E-state index contributed by atoms with van der Waals surface area (Å²) in [5.41, 5.74) is 1.71. The Labute approximate surface area is 106 Å². The number of nitrogens with one attached hydrogen (secondary N) is 1. The fourth-order valence-corrected chi connectivity index (χ4v) is 2.08. The Morgan fingerprint density at radius 3 is 2.59 bits per heavy atom. The van der Waals surface area contributed by atoms with Gasteiger partial charge in [-0.05, 0) is 37.8 Å². The minimum absolute atomic E-state index is 0.394. The van der Waals surface area contributed by atoms with Crippen LogP contribution in [0.25, 0.3) is 0 Å². The Balaban J connectivity index is 2.71. The van der Waals surface area contributed by atoms with Crippen LogP contribution in [-0.4, -0.2) is 16.3 Å². The SMILES string of the molecule is CCNC(CCC(C)(C)C)c1ccnn1CC. The van der Waals surface area contributed by atoms with Gasteiger partial charge >= 0.3 is 0 Å². The third-order valence-electron chi connectivity index (χ3n) is 3.04. The second-order valence-electron chi connectivity index (χ2n) is 5.78. The molecular weight excluding hydrogens is 210 g/mol. The first kappa shape index (κ1) is 14.2. The summed E-state index contributed by atoms with van der Waals surface area (Å²) >= 11 is 0. The van der Waals surface area contributed by atoms with Crippen LogP contribution in [0.4, 0.5) is 0 Å². The standard InChI is InChI=1S/C14H27N3/c1-6-15-12(8-10-14(3,4)5)13-9-11-16-17(13)7-2/h9,11-12,15H,6-8,10H2,1-5H3. The number of hydrogen-bond acceptors (Lipinski definition) is 2. The van der Waals surface area contributed by atoms with Gasteiger partial charge in [0.25, 0.3) is 0 Å². The van der Waals surface area contributed by atoms with Gasteiger partial charge in [0, 0.05) is 18.8 Å². The van der Waals surface area contributed by atoms with Gasteiger partial charge in [-0.2, -0.15) is 5.10 Å². The van der Waals surface area contributed by atoms with Gasteiger partial charge in [0.1, 0.15) is 0 Å². The lowest BCUT2D eigenvalue weighted by molar-refractivity contribution is 0.327. The van der Waals surface area contributed by atoms with E-state index in [0.717, 1.165) is 13.1 Å². The summed E-state index contributed by atoms with van der Waals surface area (Å²) in [7, 11) is 0. The smallest absolute Gasteiger partial charge is 0.0553 e. The van der Waals surface area contributed by atoms with Crippen molar-refractivity contribution in [1.82, 2.24) is 15.1 Å². The molecule has 0 saturated carbocycles. The van der Waals surface area contributed by atoms with Gasteiger partial charge in [0.05, 0.1) is 5.69 Å². The molecule has 17 heavy (non-hydrogen) atoms. The van der Waals surface area contributed by atoms with Crippen molar-refractivity contribution in [2.75, 3.05) is 6.54 Å². The molecule has 3 heteroatoms. The highest BCUT2D eigenvalue weighted by Crippen LogP contribution is 2.27. The average molecular weight is 237 g/mol. The van der Waals surface area contributed by atoms with Crippen molar-refractivity contribution in [2.45, 2.75) is 60.0 Å². The number of rotatable bonds is 6. The topological polar surface area (TPSA) is 29.9 Å². The minimum atomic E-state index is 0.394. The van der Waals surface area contributed by atoms with E-state index in [0.29, 0.717) is 11.5 Å². The van der Waals surface area contributed by atoms with Crippen molar-refractivity contribution in [3.05, 3.63) is 18.0 Å². The molecule has 1 heterocycles. The normalized spacial score (nSPS) is 13.9. The third-order valence-corrected chi connectivity index (χ3v) is 3.04. The van der Waals surface area contributed by atoms with Gasteiger partial charge in [-0.3, -0.25) is 4.68 Å². The summed E-state index contributed by atoms with van der Waals surface area (Å²) in [5.74, 6) is 0. The van der Waals surface area contributed by atoms with Crippen LogP contribution in [0, 0.1) is 5.41 Å². The maximum atomic E-state index is 4.36. The number of nitrogens with zero attached hydrogens (tertiary/aromatic N) is 2. The molecule has 0 fully saturated rings. The Kier molecular flexibility index (Phi) is 5.19. The molecule has 0 amide bonds. The van der Waals surface area contributed by atoms with Crippen LogP contribution < -0.4 is 5.32 Å². The minimum Gasteiger partial charge on any atom is -0.309 e. The van der Waals surface area contributed by atoms with Crippen LogP contribution >= 0.6 is 0 Å². The van der Waals surface area contributed by atoms with Crippen LogP contribution in [0.1, 0.15) is 59.2 Å². The first-order valence-corrected chi connectivity index (χ1v) is 6.73. The van der Waals surface area contributed by atoms with E-state index in [1.165, 1.54) is 18.5 Å². The molecule has 0 saturated heterocycles. The van der Waals surface area contributed by atoms with Crippen LogP contribution in [0.5, 0.6) is 0 Å². The molecule has 0 bridgehead atoms. The molecule has 0 aliphatic rings. The average Bonchev–Trinajstić information content (AvgIpc) is 2.70. The fraction of sp³-hybridized carbons (Fsp3) is 0.786. The number of hydrogen-bond donors (Lipinski definition) is 1. The van der Waals surface area contributed by atoms with Crippen LogP contribution in [0.3, 0.4) is 0 Å². The zero-order valence-electron chi connectivity index (χ0n) is 12.0. The quantitative estimate of drug-likeness (QED) is 0.822. The van der Waals surface area contributed by atoms with Crippen molar-refractivity contribution in [2.24, 2.45) is 5.41 Å². The highest BCUT2D eigenvalue weighted by molar-refractivity contribution is 5.07. The first-order chi connectivity index (χ1) is 7.98. The highest BCUT2D eigenvalue weighted by Gasteiger charge is 2.18. The van der Waals surface area contributed by atoms with Gasteiger partial charge < -0.3 is 5.32 Å². The lowest BCUT2D eigenvalue weighted by Crippen LogP contribution is -2.25. The predicted octanol–water partition coefficient (Wildman–Crippen LogP) is 3.38. The zero-order chi connectivity index (χ0) is 12.9. The lowest BCUT2D eigenvalue weighted by atomic mass is 9.88. The highest BCUT2D eigenvalue weighted by atomic mass is 15.3. The second-order valence-corrected chi connectivity index (χ2v) is 5.78. The molecule has 1 atom stereocenters. The number of aryl methyl sites for hydroxylation is 1.